The fraction of sp³-hybridized carbons (Fsp3) is 0.545. The topological polar surface area (TPSA) is 38.9 Å². The monoisotopic (exact) mass is 178 g/mol. The summed E-state index contributed by atoms with van der Waals surface area (Å²) in [6.07, 6.45) is 5.41. The second-order valence-corrected chi connectivity index (χ2v) is 3.88. The predicted octanol–water partition coefficient (Wildman–Crippen LogP) is 2.64. The molecule has 0 saturated carbocycles. The van der Waals surface area contributed by atoms with E-state index in [0.717, 1.165) is 12.3 Å². The van der Waals surface area contributed by atoms with Crippen LogP contribution in [0.5, 0.6) is 0 Å². The standard InChI is InChI=1S/C11H18N2/c1-9(2)4-3-5-10-6-7-13-11(12)8-10/h6-9H,3-5H2,1-2H3,(H2,12,13). The van der Waals surface area contributed by atoms with Gasteiger partial charge in [-0.3, -0.25) is 0 Å². The molecule has 13 heavy (non-hydrogen) atoms. The Morgan fingerprint density at radius 1 is 1.46 bits per heavy atom. The summed E-state index contributed by atoms with van der Waals surface area (Å²) in [5.74, 6) is 1.42. The molecule has 0 unspecified atom stereocenters. The summed E-state index contributed by atoms with van der Waals surface area (Å²) in [5, 5.41) is 0. The summed E-state index contributed by atoms with van der Waals surface area (Å²) in [5.41, 5.74) is 6.88. The Balaban J connectivity index is 2.37. The first-order valence-corrected chi connectivity index (χ1v) is 4.89. The zero-order valence-electron chi connectivity index (χ0n) is 8.46. The summed E-state index contributed by atoms with van der Waals surface area (Å²) in [4.78, 5) is 3.96. The predicted molar refractivity (Wildman–Crippen MR) is 56.4 cm³/mol. The average Bonchev–Trinajstić information content (AvgIpc) is 2.03. The van der Waals surface area contributed by atoms with Crippen LogP contribution >= 0.6 is 0 Å². The largest absolute Gasteiger partial charge is 0.384 e. The number of nitrogens with two attached hydrogens (primary N) is 1. The normalized spacial score (nSPS) is 10.7. The molecule has 1 aromatic rings. The highest BCUT2D eigenvalue weighted by Gasteiger charge is 1.96. The number of nitrogens with zero attached hydrogens (tertiary/aromatic N) is 1. The molecule has 72 valence electrons. The van der Waals surface area contributed by atoms with Gasteiger partial charge in [-0.2, -0.15) is 0 Å². The molecule has 1 heterocycles. The molecule has 0 saturated heterocycles. The van der Waals surface area contributed by atoms with Gasteiger partial charge in [0.15, 0.2) is 0 Å². The molecular weight excluding hydrogens is 160 g/mol. The minimum absolute atomic E-state index is 0.627. The number of aryl methyl sites for hydroxylation is 1. The number of nitrogen functional groups attached to an aromatic ring is 1. The van der Waals surface area contributed by atoms with E-state index in [-0.39, 0.29) is 0 Å². The number of hydrogen-bond acceptors (Lipinski definition) is 2. The first-order chi connectivity index (χ1) is 6.18. The number of aromatic nitrogens is 1. The average molecular weight is 178 g/mol. The van der Waals surface area contributed by atoms with E-state index < -0.39 is 0 Å². The smallest absolute Gasteiger partial charge is 0.123 e. The lowest BCUT2D eigenvalue weighted by Gasteiger charge is -2.04. The van der Waals surface area contributed by atoms with Gasteiger partial charge in [0.1, 0.15) is 5.82 Å². The van der Waals surface area contributed by atoms with Crippen LogP contribution in [-0.4, -0.2) is 4.98 Å². The summed E-state index contributed by atoms with van der Waals surface area (Å²) >= 11 is 0. The Labute approximate surface area is 80.2 Å². The van der Waals surface area contributed by atoms with Crippen LogP contribution in [0.2, 0.25) is 0 Å². The van der Waals surface area contributed by atoms with Gasteiger partial charge in [0.2, 0.25) is 0 Å². The Morgan fingerprint density at radius 3 is 2.85 bits per heavy atom. The maximum Gasteiger partial charge on any atom is 0.123 e. The van der Waals surface area contributed by atoms with Crippen LogP contribution in [0.1, 0.15) is 32.3 Å². The van der Waals surface area contributed by atoms with Crippen LogP contribution in [0.25, 0.3) is 0 Å². The zero-order valence-corrected chi connectivity index (χ0v) is 8.46. The van der Waals surface area contributed by atoms with Crippen molar-refractivity contribution in [3.8, 4) is 0 Å². The van der Waals surface area contributed by atoms with Crippen molar-refractivity contribution >= 4 is 5.82 Å². The fourth-order valence-electron chi connectivity index (χ4n) is 1.36. The van der Waals surface area contributed by atoms with Crippen molar-refractivity contribution in [1.82, 2.24) is 4.98 Å². The Morgan fingerprint density at radius 2 is 2.23 bits per heavy atom. The van der Waals surface area contributed by atoms with E-state index in [4.69, 9.17) is 5.73 Å². The number of pyridine rings is 1. The Bertz CT molecular complexity index is 256. The van der Waals surface area contributed by atoms with Crippen molar-refractivity contribution in [3.63, 3.8) is 0 Å². The van der Waals surface area contributed by atoms with Gasteiger partial charge in [0, 0.05) is 6.20 Å². The molecule has 1 aromatic heterocycles. The van der Waals surface area contributed by atoms with Crippen molar-refractivity contribution in [2.24, 2.45) is 5.92 Å². The van der Waals surface area contributed by atoms with E-state index >= 15 is 0 Å². The van der Waals surface area contributed by atoms with E-state index in [2.05, 4.69) is 18.8 Å². The summed E-state index contributed by atoms with van der Waals surface area (Å²) in [6.45, 7) is 4.50. The minimum Gasteiger partial charge on any atom is -0.384 e. The molecule has 2 heteroatoms. The molecule has 2 N–H and O–H groups in total. The molecule has 0 aliphatic heterocycles. The van der Waals surface area contributed by atoms with Crippen LogP contribution < -0.4 is 5.73 Å². The first kappa shape index (κ1) is 10.0. The summed E-state index contributed by atoms with van der Waals surface area (Å²) in [6, 6.07) is 4.00. The lowest BCUT2D eigenvalue weighted by Crippen LogP contribution is -1.94. The summed E-state index contributed by atoms with van der Waals surface area (Å²) < 4.78 is 0. The molecule has 0 spiro atoms. The quantitative estimate of drug-likeness (QED) is 0.769. The van der Waals surface area contributed by atoms with Crippen molar-refractivity contribution in [2.45, 2.75) is 33.1 Å². The van der Waals surface area contributed by atoms with Crippen LogP contribution in [0.3, 0.4) is 0 Å². The van der Waals surface area contributed by atoms with Crippen molar-refractivity contribution in [2.75, 3.05) is 5.73 Å². The third kappa shape index (κ3) is 3.92. The van der Waals surface area contributed by atoms with E-state index in [9.17, 15) is 0 Å². The van der Waals surface area contributed by atoms with E-state index in [0.29, 0.717) is 5.82 Å². The second kappa shape index (κ2) is 4.85. The molecule has 0 fully saturated rings. The Kier molecular flexibility index (Phi) is 3.74. The molecule has 0 radical (unpaired) electrons. The highest BCUT2D eigenvalue weighted by Crippen LogP contribution is 2.10. The van der Waals surface area contributed by atoms with E-state index in [1.165, 1.54) is 18.4 Å². The van der Waals surface area contributed by atoms with Crippen molar-refractivity contribution < 1.29 is 0 Å². The lowest BCUT2D eigenvalue weighted by molar-refractivity contribution is 0.556. The van der Waals surface area contributed by atoms with Gasteiger partial charge in [-0.1, -0.05) is 20.3 Å². The number of rotatable bonds is 4. The van der Waals surface area contributed by atoms with Gasteiger partial charge in [-0.15, -0.1) is 0 Å². The first-order valence-electron chi connectivity index (χ1n) is 4.89. The molecule has 0 aliphatic rings. The molecule has 0 aromatic carbocycles. The van der Waals surface area contributed by atoms with Gasteiger partial charge in [-0.25, -0.2) is 4.98 Å². The fourth-order valence-corrected chi connectivity index (χ4v) is 1.36. The van der Waals surface area contributed by atoms with Crippen molar-refractivity contribution in [3.05, 3.63) is 23.9 Å². The van der Waals surface area contributed by atoms with Crippen LogP contribution in [0, 0.1) is 5.92 Å². The van der Waals surface area contributed by atoms with Crippen LogP contribution in [0.4, 0.5) is 5.82 Å². The Hall–Kier alpha value is -1.05. The van der Waals surface area contributed by atoms with Gasteiger partial charge in [0.25, 0.3) is 0 Å². The highest BCUT2D eigenvalue weighted by atomic mass is 14.8. The minimum atomic E-state index is 0.627. The SMILES string of the molecule is CC(C)CCCc1ccnc(N)c1. The molecule has 0 aliphatic carbocycles. The molecule has 2 nitrogen and oxygen atoms in total. The van der Waals surface area contributed by atoms with Crippen LogP contribution in [-0.2, 0) is 6.42 Å². The van der Waals surface area contributed by atoms with Gasteiger partial charge in [0.05, 0.1) is 0 Å². The highest BCUT2D eigenvalue weighted by molar-refractivity contribution is 5.31. The molecule has 0 atom stereocenters. The third-order valence-electron chi connectivity index (χ3n) is 2.09. The zero-order chi connectivity index (χ0) is 9.68. The maximum absolute atomic E-state index is 5.58. The third-order valence-corrected chi connectivity index (χ3v) is 2.09. The summed E-state index contributed by atoms with van der Waals surface area (Å²) in [7, 11) is 0. The molecule has 0 amide bonds. The van der Waals surface area contributed by atoms with Gasteiger partial charge < -0.3 is 5.73 Å². The molecule has 0 bridgehead atoms. The van der Waals surface area contributed by atoms with Gasteiger partial charge >= 0.3 is 0 Å². The van der Waals surface area contributed by atoms with E-state index in [1.54, 1.807) is 6.20 Å². The van der Waals surface area contributed by atoms with Crippen molar-refractivity contribution in [1.29, 1.82) is 0 Å². The lowest BCUT2D eigenvalue weighted by atomic mass is 10.0. The molecular formula is C11H18N2. The van der Waals surface area contributed by atoms with E-state index in [1.807, 2.05) is 12.1 Å². The maximum atomic E-state index is 5.58. The number of anilines is 1. The van der Waals surface area contributed by atoms with Gasteiger partial charge in [-0.05, 0) is 36.5 Å². The molecule has 1 rings (SSSR count). The number of hydrogen-bond donors (Lipinski definition) is 1. The second-order valence-electron chi connectivity index (χ2n) is 3.88. The van der Waals surface area contributed by atoms with Crippen LogP contribution in [0.15, 0.2) is 18.3 Å².